The molecule has 4 rings (SSSR count). The molecule has 0 aliphatic carbocycles. The van der Waals surface area contributed by atoms with Gasteiger partial charge in [-0.1, -0.05) is 18.2 Å². The zero-order chi connectivity index (χ0) is 19.0. The molecule has 1 N–H and O–H groups in total. The van der Waals surface area contributed by atoms with Crippen molar-refractivity contribution < 1.29 is 9.84 Å². The van der Waals surface area contributed by atoms with Crippen molar-refractivity contribution in [2.45, 2.75) is 13.0 Å². The van der Waals surface area contributed by atoms with Crippen LogP contribution < -0.4 is 4.74 Å². The van der Waals surface area contributed by atoms with Crippen LogP contribution in [0.1, 0.15) is 18.6 Å². The molecule has 0 amide bonds. The van der Waals surface area contributed by atoms with Crippen LogP contribution >= 0.6 is 15.9 Å². The summed E-state index contributed by atoms with van der Waals surface area (Å²) < 4.78 is 8.25. The van der Waals surface area contributed by atoms with Crippen LogP contribution in [0.2, 0.25) is 0 Å². The lowest BCUT2D eigenvalue weighted by molar-refractivity contribution is 0.199. The molecule has 0 aliphatic heterocycles. The van der Waals surface area contributed by atoms with Crippen molar-refractivity contribution >= 4 is 27.0 Å². The molecule has 2 aromatic carbocycles. The number of hydrogen-bond donors (Lipinski definition) is 1. The lowest BCUT2D eigenvalue weighted by atomic mass is 10.1. The van der Waals surface area contributed by atoms with Crippen LogP contribution in [0.15, 0.2) is 65.7 Å². The first kappa shape index (κ1) is 17.7. The third-order valence-electron chi connectivity index (χ3n) is 4.54. The van der Waals surface area contributed by atoms with E-state index in [0.717, 1.165) is 38.0 Å². The zero-order valence-electron chi connectivity index (χ0n) is 14.9. The molecular weight excluding hydrogens is 406 g/mol. The van der Waals surface area contributed by atoms with E-state index in [1.165, 1.54) is 0 Å². The number of halogens is 1. The van der Waals surface area contributed by atoms with Crippen LogP contribution in [0, 0.1) is 0 Å². The Kier molecular flexibility index (Phi) is 4.68. The smallest absolute Gasteiger partial charge is 0.145 e. The number of hydrogen-bond acceptors (Lipinski definition) is 4. The molecule has 0 saturated carbocycles. The number of methoxy groups -OCH3 is 1. The van der Waals surface area contributed by atoms with Crippen molar-refractivity contribution in [3.8, 4) is 22.6 Å². The molecule has 1 unspecified atom stereocenters. The molecule has 4 aromatic rings. The van der Waals surface area contributed by atoms with Crippen molar-refractivity contribution in [2.24, 2.45) is 0 Å². The summed E-state index contributed by atoms with van der Waals surface area (Å²) in [5.41, 5.74) is 5.67. The van der Waals surface area contributed by atoms with Crippen molar-refractivity contribution in [3.05, 3.63) is 71.2 Å². The van der Waals surface area contributed by atoms with E-state index in [0.29, 0.717) is 5.75 Å². The highest BCUT2D eigenvalue weighted by atomic mass is 79.9. The molecule has 27 heavy (non-hydrogen) atoms. The number of fused-ring (bicyclic) bond motifs is 1. The van der Waals surface area contributed by atoms with E-state index in [-0.39, 0.29) is 0 Å². The number of imidazole rings is 1. The van der Waals surface area contributed by atoms with E-state index >= 15 is 0 Å². The van der Waals surface area contributed by atoms with Crippen LogP contribution in [-0.4, -0.2) is 26.8 Å². The van der Waals surface area contributed by atoms with Crippen LogP contribution in [-0.2, 0) is 0 Å². The Morgan fingerprint density at radius 3 is 2.74 bits per heavy atom. The van der Waals surface area contributed by atoms with Gasteiger partial charge in [-0.25, -0.2) is 9.97 Å². The molecule has 2 heterocycles. The topological polar surface area (TPSA) is 60.2 Å². The van der Waals surface area contributed by atoms with E-state index in [1.807, 2.05) is 47.0 Å². The van der Waals surface area contributed by atoms with E-state index in [4.69, 9.17) is 4.74 Å². The van der Waals surface area contributed by atoms with Crippen LogP contribution in [0.3, 0.4) is 0 Å². The summed E-state index contributed by atoms with van der Waals surface area (Å²) in [7, 11) is 1.64. The fourth-order valence-electron chi connectivity index (χ4n) is 3.12. The second-order valence-corrected chi connectivity index (χ2v) is 7.11. The SMILES string of the molecule is COc1cnc(Br)cc1-c1cccc(-n2cnc3cc(C(C)O)ccc32)c1. The summed E-state index contributed by atoms with van der Waals surface area (Å²) >= 11 is 3.43. The maximum atomic E-state index is 9.79. The Morgan fingerprint density at radius 1 is 1.11 bits per heavy atom. The van der Waals surface area contributed by atoms with Gasteiger partial charge in [0.05, 0.1) is 30.4 Å². The first-order valence-electron chi connectivity index (χ1n) is 8.52. The highest BCUT2D eigenvalue weighted by molar-refractivity contribution is 9.10. The van der Waals surface area contributed by atoms with Gasteiger partial charge in [-0.3, -0.25) is 4.57 Å². The summed E-state index contributed by atoms with van der Waals surface area (Å²) in [6, 6.07) is 16.0. The highest BCUT2D eigenvalue weighted by Gasteiger charge is 2.11. The van der Waals surface area contributed by atoms with Crippen LogP contribution in [0.25, 0.3) is 27.8 Å². The van der Waals surface area contributed by atoms with Gasteiger partial charge in [0.2, 0.25) is 0 Å². The Hall–Kier alpha value is -2.70. The molecule has 0 saturated heterocycles. The summed E-state index contributed by atoms with van der Waals surface area (Å²) in [5, 5.41) is 9.79. The normalized spacial score (nSPS) is 12.3. The van der Waals surface area contributed by atoms with Crippen molar-refractivity contribution in [1.29, 1.82) is 0 Å². The average Bonchev–Trinajstić information content (AvgIpc) is 3.11. The predicted octanol–water partition coefficient (Wildman–Crippen LogP) is 4.91. The van der Waals surface area contributed by atoms with Gasteiger partial charge >= 0.3 is 0 Å². The van der Waals surface area contributed by atoms with E-state index < -0.39 is 6.10 Å². The van der Waals surface area contributed by atoms with Gasteiger partial charge in [-0.05, 0) is 64.3 Å². The molecule has 0 aliphatic rings. The highest BCUT2D eigenvalue weighted by Crippen LogP contribution is 2.33. The number of ether oxygens (including phenoxy) is 1. The largest absolute Gasteiger partial charge is 0.494 e. The van der Waals surface area contributed by atoms with E-state index in [2.05, 4.69) is 32.0 Å². The molecule has 0 radical (unpaired) electrons. The monoisotopic (exact) mass is 423 g/mol. The van der Waals surface area contributed by atoms with E-state index in [9.17, 15) is 5.11 Å². The van der Waals surface area contributed by atoms with Gasteiger partial charge in [-0.2, -0.15) is 0 Å². The second kappa shape index (κ2) is 7.13. The molecule has 1 atom stereocenters. The fourth-order valence-corrected chi connectivity index (χ4v) is 3.46. The van der Waals surface area contributed by atoms with Crippen molar-refractivity contribution in [1.82, 2.24) is 14.5 Å². The second-order valence-electron chi connectivity index (χ2n) is 6.30. The van der Waals surface area contributed by atoms with Crippen molar-refractivity contribution in [2.75, 3.05) is 7.11 Å². The summed E-state index contributed by atoms with van der Waals surface area (Å²) in [4.78, 5) is 8.73. The zero-order valence-corrected chi connectivity index (χ0v) is 16.5. The van der Waals surface area contributed by atoms with Gasteiger partial charge in [0, 0.05) is 11.3 Å². The minimum atomic E-state index is -0.513. The molecule has 5 nitrogen and oxygen atoms in total. The minimum absolute atomic E-state index is 0.513. The lowest BCUT2D eigenvalue weighted by Crippen LogP contribution is -1.95. The number of aromatic nitrogens is 3. The lowest BCUT2D eigenvalue weighted by Gasteiger charge is -2.11. The Bertz CT molecular complexity index is 1120. The van der Waals surface area contributed by atoms with Gasteiger partial charge in [0.1, 0.15) is 16.7 Å². The molecule has 2 aromatic heterocycles. The van der Waals surface area contributed by atoms with Gasteiger partial charge in [0.15, 0.2) is 0 Å². The maximum absolute atomic E-state index is 9.79. The summed E-state index contributed by atoms with van der Waals surface area (Å²) in [5.74, 6) is 0.715. The number of aliphatic hydroxyl groups excluding tert-OH is 1. The first-order chi connectivity index (χ1) is 13.1. The predicted molar refractivity (Wildman–Crippen MR) is 109 cm³/mol. The number of rotatable bonds is 4. The molecule has 0 spiro atoms. The molecule has 6 heteroatoms. The average molecular weight is 424 g/mol. The molecule has 136 valence electrons. The van der Waals surface area contributed by atoms with Gasteiger partial charge in [-0.15, -0.1) is 0 Å². The minimum Gasteiger partial charge on any atom is -0.494 e. The standard InChI is InChI=1S/C21H18BrN3O2/c1-13(26)14-6-7-19-18(9-14)24-12-25(19)16-5-3-4-15(8-16)17-10-21(22)23-11-20(17)27-2/h3-13,26H,1-2H3. The number of pyridine rings is 1. The Balaban J connectivity index is 1.82. The summed E-state index contributed by atoms with van der Waals surface area (Å²) in [6.07, 6.45) is 2.99. The third-order valence-corrected chi connectivity index (χ3v) is 4.98. The maximum Gasteiger partial charge on any atom is 0.145 e. The summed E-state index contributed by atoms with van der Waals surface area (Å²) in [6.45, 7) is 1.75. The fraction of sp³-hybridized carbons (Fsp3) is 0.143. The molecular formula is C21H18BrN3O2. The van der Waals surface area contributed by atoms with Crippen molar-refractivity contribution in [3.63, 3.8) is 0 Å². The molecule has 0 fully saturated rings. The van der Waals surface area contributed by atoms with Crippen LogP contribution in [0.5, 0.6) is 5.75 Å². The quantitative estimate of drug-likeness (QED) is 0.473. The number of aliphatic hydroxyl groups is 1. The third kappa shape index (κ3) is 3.34. The first-order valence-corrected chi connectivity index (χ1v) is 9.31. The Labute approximate surface area is 165 Å². The number of benzene rings is 2. The van der Waals surface area contributed by atoms with Gasteiger partial charge in [0.25, 0.3) is 0 Å². The molecule has 0 bridgehead atoms. The van der Waals surface area contributed by atoms with Crippen LogP contribution in [0.4, 0.5) is 0 Å². The van der Waals surface area contributed by atoms with Gasteiger partial charge < -0.3 is 9.84 Å². The number of nitrogens with zero attached hydrogens (tertiary/aromatic N) is 3. The van der Waals surface area contributed by atoms with E-state index in [1.54, 1.807) is 26.6 Å². The Morgan fingerprint density at radius 2 is 1.96 bits per heavy atom.